The molecule has 1 aliphatic heterocycles. The van der Waals surface area contributed by atoms with E-state index in [2.05, 4.69) is 6.92 Å². The zero-order chi connectivity index (χ0) is 21.5. The fraction of sp³-hybridized carbons (Fsp3) is 0.417. The van der Waals surface area contributed by atoms with Crippen molar-refractivity contribution in [2.24, 2.45) is 5.92 Å². The molecule has 30 heavy (non-hydrogen) atoms. The summed E-state index contributed by atoms with van der Waals surface area (Å²) in [7, 11) is 1.52. The van der Waals surface area contributed by atoms with E-state index in [4.69, 9.17) is 14.2 Å². The van der Waals surface area contributed by atoms with E-state index < -0.39 is 12.1 Å². The highest BCUT2D eigenvalue weighted by molar-refractivity contribution is 5.92. The normalized spacial score (nSPS) is 15.4. The molecule has 2 aromatic rings. The molecule has 0 saturated carbocycles. The van der Waals surface area contributed by atoms with Crippen LogP contribution in [0.1, 0.15) is 42.6 Å². The van der Waals surface area contributed by atoms with Gasteiger partial charge in [-0.05, 0) is 49.4 Å². The summed E-state index contributed by atoms with van der Waals surface area (Å²) in [6.45, 7) is 5.62. The second-order valence-electron chi connectivity index (χ2n) is 7.70. The fourth-order valence-electron chi connectivity index (χ4n) is 3.41. The molecule has 1 aliphatic rings. The summed E-state index contributed by atoms with van der Waals surface area (Å²) in [6, 6.07) is 14.6. The van der Waals surface area contributed by atoms with E-state index in [9.17, 15) is 9.59 Å². The lowest BCUT2D eigenvalue weighted by Crippen LogP contribution is -2.44. The third kappa shape index (κ3) is 5.53. The van der Waals surface area contributed by atoms with Crippen LogP contribution in [0.4, 0.5) is 0 Å². The highest BCUT2D eigenvalue weighted by atomic mass is 16.5. The third-order valence-electron chi connectivity index (χ3n) is 5.36. The number of carbonyl (C=O) groups is 2. The van der Waals surface area contributed by atoms with Crippen molar-refractivity contribution < 1.29 is 23.8 Å². The molecule has 160 valence electrons. The Labute approximate surface area is 177 Å². The van der Waals surface area contributed by atoms with Crippen molar-refractivity contribution in [3.8, 4) is 11.5 Å². The number of likely N-dealkylation sites (tertiary alicyclic amines) is 1. The van der Waals surface area contributed by atoms with Gasteiger partial charge in [0.2, 0.25) is 0 Å². The Bertz CT molecular complexity index is 859. The number of carbonyl (C=O) groups excluding carboxylic acids is 2. The van der Waals surface area contributed by atoms with Crippen LogP contribution in [0, 0.1) is 5.92 Å². The van der Waals surface area contributed by atoms with Crippen molar-refractivity contribution in [1.82, 2.24) is 4.90 Å². The molecule has 1 fully saturated rings. The molecule has 0 spiro atoms. The first-order valence-electron chi connectivity index (χ1n) is 10.3. The first kappa shape index (κ1) is 21.7. The SMILES string of the molecule is COc1cc(C(=O)OC(C)C(=O)N2CCC(C)CC2)ccc1OCc1ccccc1. The minimum absolute atomic E-state index is 0.148. The van der Waals surface area contributed by atoms with Crippen molar-refractivity contribution in [3.63, 3.8) is 0 Å². The molecule has 2 aromatic carbocycles. The van der Waals surface area contributed by atoms with Crippen LogP contribution in [0.2, 0.25) is 0 Å². The van der Waals surface area contributed by atoms with Gasteiger partial charge in [0.1, 0.15) is 6.61 Å². The number of amides is 1. The molecule has 6 heteroatoms. The molecule has 1 unspecified atom stereocenters. The minimum Gasteiger partial charge on any atom is -0.493 e. The maximum atomic E-state index is 12.6. The molecule has 0 N–H and O–H groups in total. The highest BCUT2D eigenvalue weighted by Gasteiger charge is 2.27. The molecular weight excluding hydrogens is 382 g/mol. The number of nitrogens with zero attached hydrogens (tertiary/aromatic N) is 1. The van der Waals surface area contributed by atoms with Crippen molar-refractivity contribution in [1.29, 1.82) is 0 Å². The molecule has 1 heterocycles. The quantitative estimate of drug-likeness (QED) is 0.643. The number of benzene rings is 2. The van der Waals surface area contributed by atoms with Crippen LogP contribution < -0.4 is 9.47 Å². The van der Waals surface area contributed by atoms with Gasteiger partial charge in [0.25, 0.3) is 5.91 Å². The summed E-state index contributed by atoms with van der Waals surface area (Å²) in [5.74, 6) is 0.884. The van der Waals surface area contributed by atoms with Gasteiger partial charge >= 0.3 is 5.97 Å². The van der Waals surface area contributed by atoms with Crippen LogP contribution in [0.3, 0.4) is 0 Å². The van der Waals surface area contributed by atoms with Crippen molar-refractivity contribution in [2.75, 3.05) is 20.2 Å². The van der Waals surface area contributed by atoms with Gasteiger partial charge < -0.3 is 19.1 Å². The number of methoxy groups -OCH3 is 1. The fourth-order valence-corrected chi connectivity index (χ4v) is 3.41. The Kier molecular flexibility index (Phi) is 7.33. The van der Waals surface area contributed by atoms with Crippen LogP contribution in [0.25, 0.3) is 0 Å². The second kappa shape index (κ2) is 10.1. The van der Waals surface area contributed by atoms with Crippen LogP contribution >= 0.6 is 0 Å². The van der Waals surface area contributed by atoms with Crippen LogP contribution in [-0.4, -0.2) is 43.1 Å². The van der Waals surface area contributed by atoms with Gasteiger partial charge in [0, 0.05) is 13.1 Å². The number of rotatable bonds is 7. The summed E-state index contributed by atoms with van der Waals surface area (Å²) < 4.78 is 16.6. The van der Waals surface area contributed by atoms with Gasteiger partial charge in [-0.15, -0.1) is 0 Å². The number of esters is 1. The van der Waals surface area contributed by atoms with Crippen molar-refractivity contribution >= 4 is 11.9 Å². The molecule has 1 atom stereocenters. The molecule has 0 bridgehead atoms. The molecule has 3 rings (SSSR count). The first-order valence-corrected chi connectivity index (χ1v) is 10.3. The van der Waals surface area contributed by atoms with Crippen LogP contribution in [0.5, 0.6) is 11.5 Å². The molecular formula is C24H29NO5. The van der Waals surface area contributed by atoms with E-state index in [1.54, 1.807) is 30.0 Å². The van der Waals surface area contributed by atoms with Gasteiger partial charge in [-0.1, -0.05) is 37.3 Å². The van der Waals surface area contributed by atoms with E-state index in [1.165, 1.54) is 7.11 Å². The summed E-state index contributed by atoms with van der Waals surface area (Å²) in [6.07, 6.45) is 1.13. The van der Waals surface area contributed by atoms with E-state index >= 15 is 0 Å². The standard InChI is InChI=1S/C24H29NO5/c1-17-11-13-25(14-12-17)23(26)18(2)30-24(27)20-9-10-21(22(15-20)28-3)29-16-19-7-5-4-6-8-19/h4-10,15,17-18H,11-14,16H2,1-3H3. The Balaban J connectivity index is 1.60. The van der Waals surface area contributed by atoms with Crippen LogP contribution in [-0.2, 0) is 16.1 Å². The maximum Gasteiger partial charge on any atom is 0.339 e. The number of hydrogen-bond acceptors (Lipinski definition) is 5. The average molecular weight is 411 g/mol. The Morgan fingerprint density at radius 2 is 1.77 bits per heavy atom. The van der Waals surface area contributed by atoms with E-state index in [-0.39, 0.29) is 5.91 Å². The lowest BCUT2D eigenvalue weighted by Gasteiger charge is -2.31. The lowest BCUT2D eigenvalue weighted by molar-refractivity contribution is -0.141. The topological polar surface area (TPSA) is 65.1 Å². The maximum absolute atomic E-state index is 12.6. The predicted octanol–water partition coefficient (Wildman–Crippen LogP) is 4.08. The number of piperidine rings is 1. The molecule has 0 radical (unpaired) electrons. The van der Waals surface area contributed by atoms with E-state index in [0.29, 0.717) is 42.7 Å². The third-order valence-corrected chi connectivity index (χ3v) is 5.36. The second-order valence-corrected chi connectivity index (χ2v) is 7.70. The average Bonchev–Trinajstić information content (AvgIpc) is 2.78. The highest BCUT2D eigenvalue weighted by Crippen LogP contribution is 2.29. The number of hydrogen-bond donors (Lipinski definition) is 0. The van der Waals surface area contributed by atoms with Gasteiger partial charge in [0.05, 0.1) is 12.7 Å². The summed E-state index contributed by atoms with van der Waals surface area (Å²) in [5, 5.41) is 0. The Morgan fingerprint density at radius 1 is 1.07 bits per heavy atom. The van der Waals surface area contributed by atoms with E-state index in [0.717, 1.165) is 18.4 Å². The summed E-state index contributed by atoms with van der Waals surface area (Å²) in [4.78, 5) is 26.9. The van der Waals surface area contributed by atoms with Gasteiger partial charge in [-0.2, -0.15) is 0 Å². The molecule has 0 aliphatic carbocycles. The molecule has 1 amide bonds. The van der Waals surface area contributed by atoms with Gasteiger partial charge in [-0.25, -0.2) is 4.79 Å². The lowest BCUT2D eigenvalue weighted by atomic mass is 9.99. The monoisotopic (exact) mass is 411 g/mol. The Morgan fingerprint density at radius 3 is 2.43 bits per heavy atom. The van der Waals surface area contributed by atoms with Gasteiger partial charge in [-0.3, -0.25) is 4.79 Å². The number of ether oxygens (including phenoxy) is 3. The van der Waals surface area contributed by atoms with Crippen molar-refractivity contribution in [2.45, 2.75) is 39.4 Å². The van der Waals surface area contributed by atoms with Crippen LogP contribution in [0.15, 0.2) is 48.5 Å². The smallest absolute Gasteiger partial charge is 0.339 e. The zero-order valence-corrected chi connectivity index (χ0v) is 17.8. The molecule has 6 nitrogen and oxygen atoms in total. The molecule has 1 saturated heterocycles. The Hall–Kier alpha value is -3.02. The van der Waals surface area contributed by atoms with Gasteiger partial charge in [0.15, 0.2) is 17.6 Å². The zero-order valence-electron chi connectivity index (χ0n) is 17.8. The molecule has 0 aromatic heterocycles. The minimum atomic E-state index is -0.828. The summed E-state index contributed by atoms with van der Waals surface area (Å²) in [5.41, 5.74) is 1.34. The summed E-state index contributed by atoms with van der Waals surface area (Å²) >= 11 is 0. The van der Waals surface area contributed by atoms with Crippen molar-refractivity contribution in [3.05, 3.63) is 59.7 Å². The largest absolute Gasteiger partial charge is 0.493 e. The van der Waals surface area contributed by atoms with E-state index in [1.807, 2.05) is 30.3 Å². The first-order chi connectivity index (χ1) is 14.5. The predicted molar refractivity (Wildman–Crippen MR) is 114 cm³/mol.